The molecule has 0 N–H and O–H groups in total. The van der Waals surface area contributed by atoms with Crippen molar-refractivity contribution in [1.29, 1.82) is 0 Å². The maximum atomic E-state index is 12.7. The minimum absolute atomic E-state index is 0.202. The molecule has 0 radical (unpaired) electrons. The van der Waals surface area contributed by atoms with E-state index < -0.39 is 20.6 Å². The highest BCUT2D eigenvalue weighted by molar-refractivity contribution is 7.72. The van der Waals surface area contributed by atoms with E-state index in [2.05, 4.69) is 0 Å². The maximum Gasteiger partial charge on any atom is 0.346 e. The molecule has 0 rings (SSSR count). The summed E-state index contributed by atoms with van der Waals surface area (Å²) in [6.07, 6.45) is 0. The molecule has 0 saturated carbocycles. The van der Waals surface area contributed by atoms with E-state index in [9.17, 15) is 9.13 Å². The molecule has 0 saturated heterocycles. The second kappa shape index (κ2) is 7.78. The molecule has 0 heterocycles. The van der Waals surface area contributed by atoms with Gasteiger partial charge in [0.1, 0.15) is 0 Å². The van der Waals surface area contributed by atoms with Gasteiger partial charge in [0.15, 0.2) is 5.40 Å². The van der Waals surface area contributed by atoms with Crippen molar-refractivity contribution in [2.75, 3.05) is 27.4 Å². The molecular weight excluding hydrogens is 278 g/mol. The molecule has 1 unspecified atom stereocenters. The molecule has 0 aliphatic heterocycles. The first-order valence-electron chi connectivity index (χ1n) is 5.91. The van der Waals surface area contributed by atoms with Crippen LogP contribution in [0.5, 0.6) is 0 Å². The van der Waals surface area contributed by atoms with Crippen LogP contribution < -0.4 is 0 Å². The lowest BCUT2D eigenvalue weighted by atomic mass is 10.3. The van der Waals surface area contributed by atoms with Crippen molar-refractivity contribution in [1.82, 2.24) is 0 Å². The first-order valence-corrected chi connectivity index (χ1v) is 9.13. The molecule has 0 fully saturated rings. The molecule has 6 nitrogen and oxygen atoms in total. The van der Waals surface area contributed by atoms with Crippen LogP contribution in [-0.2, 0) is 27.2 Å². The Morgan fingerprint density at radius 1 is 0.889 bits per heavy atom. The van der Waals surface area contributed by atoms with Gasteiger partial charge in [-0.05, 0) is 19.8 Å². The molecule has 1 atom stereocenters. The minimum Gasteiger partial charge on any atom is -0.311 e. The Bertz CT molecular complexity index is 312. The number of hydrogen-bond acceptors (Lipinski definition) is 6. The third kappa shape index (κ3) is 4.16. The fourth-order valence-electron chi connectivity index (χ4n) is 1.74. The van der Waals surface area contributed by atoms with Gasteiger partial charge in [0, 0.05) is 14.2 Å². The van der Waals surface area contributed by atoms with E-state index in [0.29, 0.717) is 0 Å². The standard InChI is InChI=1S/C10H24O6P2/c1-7-15-18(12,16-8-2)10(9(3)4)17(11,13-5)14-6/h9-10H,7-8H2,1-6H3. The van der Waals surface area contributed by atoms with E-state index in [1.807, 2.05) is 0 Å². The molecule has 0 spiro atoms. The Labute approximate surface area is 109 Å². The van der Waals surface area contributed by atoms with Crippen molar-refractivity contribution in [3.8, 4) is 0 Å². The summed E-state index contributed by atoms with van der Waals surface area (Å²) in [4.78, 5) is 0. The summed E-state index contributed by atoms with van der Waals surface area (Å²) in [6, 6.07) is 0. The minimum atomic E-state index is -3.55. The second-order valence-corrected chi connectivity index (χ2v) is 8.86. The monoisotopic (exact) mass is 302 g/mol. The van der Waals surface area contributed by atoms with Crippen LogP contribution in [-0.4, -0.2) is 32.8 Å². The lowest BCUT2D eigenvalue weighted by Crippen LogP contribution is -2.21. The molecule has 0 aromatic carbocycles. The van der Waals surface area contributed by atoms with Gasteiger partial charge in [-0.15, -0.1) is 0 Å². The van der Waals surface area contributed by atoms with Gasteiger partial charge in [-0.3, -0.25) is 9.13 Å². The average Bonchev–Trinajstić information content (AvgIpc) is 2.28. The smallest absolute Gasteiger partial charge is 0.311 e. The number of rotatable bonds is 9. The van der Waals surface area contributed by atoms with Crippen molar-refractivity contribution in [3.05, 3.63) is 0 Å². The quantitative estimate of drug-likeness (QED) is 0.604. The van der Waals surface area contributed by atoms with Crippen LogP contribution in [0.4, 0.5) is 0 Å². The summed E-state index contributed by atoms with van der Waals surface area (Å²) in [5.74, 6) is -0.236. The Morgan fingerprint density at radius 3 is 1.50 bits per heavy atom. The van der Waals surface area contributed by atoms with E-state index in [1.54, 1.807) is 27.7 Å². The molecule has 0 aliphatic rings. The molecular formula is C10H24O6P2. The zero-order chi connectivity index (χ0) is 14.4. The van der Waals surface area contributed by atoms with Crippen molar-refractivity contribution in [2.24, 2.45) is 5.92 Å². The SMILES string of the molecule is CCOP(=O)(OCC)C(C(C)C)P(=O)(OC)OC. The van der Waals surface area contributed by atoms with Crippen molar-refractivity contribution in [3.63, 3.8) is 0 Å². The van der Waals surface area contributed by atoms with Crippen LogP contribution in [0, 0.1) is 5.92 Å². The molecule has 8 heteroatoms. The van der Waals surface area contributed by atoms with Crippen LogP contribution in [0.25, 0.3) is 0 Å². The Hall–Kier alpha value is 0.300. The van der Waals surface area contributed by atoms with E-state index in [4.69, 9.17) is 18.1 Å². The van der Waals surface area contributed by atoms with Crippen molar-refractivity contribution >= 4 is 15.2 Å². The molecule has 0 aromatic rings. The van der Waals surface area contributed by atoms with Gasteiger partial charge in [-0.1, -0.05) is 13.8 Å². The van der Waals surface area contributed by atoms with Gasteiger partial charge >= 0.3 is 15.2 Å². The summed E-state index contributed by atoms with van der Waals surface area (Å²) in [5, 5.41) is -0.931. The fraction of sp³-hybridized carbons (Fsp3) is 1.00. The normalized spacial score (nSPS) is 15.1. The van der Waals surface area contributed by atoms with E-state index >= 15 is 0 Å². The number of hydrogen-bond donors (Lipinski definition) is 0. The first kappa shape index (κ1) is 18.3. The highest BCUT2D eigenvalue weighted by atomic mass is 31.2. The molecule has 0 amide bonds. The Balaban J connectivity index is 5.56. The van der Waals surface area contributed by atoms with Gasteiger partial charge in [-0.2, -0.15) is 0 Å². The van der Waals surface area contributed by atoms with Gasteiger partial charge in [0.2, 0.25) is 0 Å². The first-order chi connectivity index (χ1) is 8.31. The van der Waals surface area contributed by atoms with E-state index in [0.717, 1.165) is 0 Å². The van der Waals surface area contributed by atoms with Crippen LogP contribution in [0.15, 0.2) is 0 Å². The van der Waals surface area contributed by atoms with Crippen LogP contribution >= 0.6 is 15.2 Å². The predicted molar refractivity (Wildman–Crippen MR) is 71.1 cm³/mol. The predicted octanol–water partition coefficient (Wildman–Crippen LogP) is 3.72. The molecule has 0 aromatic heterocycles. The zero-order valence-electron chi connectivity index (χ0n) is 11.9. The van der Waals surface area contributed by atoms with Crippen molar-refractivity contribution < 1.29 is 27.2 Å². The largest absolute Gasteiger partial charge is 0.346 e. The third-order valence-electron chi connectivity index (χ3n) is 2.37. The highest BCUT2D eigenvalue weighted by Crippen LogP contribution is 2.71. The van der Waals surface area contributed by atoms with Gasteiger partial charge in [-0.25, -0.2) is 0 Å². The lowest BCUT2D eigenvalue weighted by Gasteiger charge is -2.32. The summed E-state index contributed by atoms with van der Waals surface area (Å²) in [5.41, 5.74) is 0. The Morgan fingerprint density at radius 2 is 1.28 bits per heavy atom. The van der Waals surface area contributed by atoms with E-state index in [-0.39, 0.29) is 19.1 Å². The van der Waals surface area contributed by atoms with Crippen LogP contribution in [0.2, 0.25) is 0 Å². The van der Waals surface area contributed by atoms with E-state index in [1.165, 1.54) is 14.2 Å². The second-order valence-electron chi connectivity index (χ2n) is 3.94. The summed E-state index contributed by atoms with van der Waals surface area (Å²) in [7, 11) is -4.56. The van der Waals surface area contributed by atoms with Gasteiger partial charge in [0.25, 0.3) is 0 Å². The zero-order valence-corrected chi connectivity index (χ0v) is 13.7. The van der Waals surface area contributed by atoms with Crippen molar-refractivity contribution in [2.45, 2.75) is 33.1 Å². The molecule has 110 valence electrons. The third-order valence-corrected chi connectivity index (χ3v) is 8.81. The molecule has 0 aliphatic carbocycles. The summed E-state index contributed by atoms with van der Waals surface area (Å²) >= 11 is 0. The maximum absolute atomic E-state index is 12.7. The highest BCUT2D eigenvalue weighted by Gasteiger charge is 2.51. The Kier molecular flexibility index (Phi) is 7.91. The lowest BCUT2D eigenvalue weighted by molar-refractivity contribution is 0.203. The summed E-state index contributed by atoms with van der Waals surface area (Å²) in [6.45, 7) is 7.36. The fourth-order valence-corrected chi connectivity index (χ4v) is 7.24. The van der Waals surface area contributed by atoms with Gasteiger partial charge < -0.3 is 18.1 Å². The average molecular weight is 302 g/mol. The topological polar surface area (TPSA) is 71.1 Å². The molecule has 0 bridgehead atoms. The van der Waals surface area contributed by atoms with Crippen LogP contribution in [0.3, 0.4) is 0 Å². The molecule has 18 heavy (non-hydrogen) atoms. The van der Waals surface area contributed by atoms with Crippen LogP contribution in [0.1, 0.15) is 27.7 Å². The van der Waals surface area contributed by atoms with Gasteiger partial charge in [0.05, 0.1) is 13.2 Å². The summed E-state index contributed by atoms with van der Waals surface area (Å²) < 4.78 is 45.6.